The topological polar surface area (TPSA) is 86.6 Å². The van der Waals surface area contributed by atoms with Gasteiger partial charge in [-0.15, -0.1) is 20.3 Å². The number of amides is 1. The second kappa shape index (κ2) is 12.7. The van der Waals surface area contributed by atoms with Crippen LogP contribution in [0.4, 0.5) is 0 Å². The highest BCUT2D eigenvalue weighted by molar-refractivity contribution is 8.03. The van der Waals surface area contributed by atoms with Crippen molar-refractivity contribution in [1.29, 1.82) is 0 Å². The number of carbonyl (C=O) groups excluding carboxylic acids is 1. The Morgan fingerprint density at radius 1 is 1.03 bits per heavy atom. The fourth-order valence-corrected chi connectivity index (χ4v) is 5.78. The highest BCUT2D eigenvalue weighted by Crippen LogP contribution is 2.32. The molecule has 162 valence electrons. The lowest BCUT2D eigenvalue weighted by atomic mass is 9.94. The Bertz CT molecular complexity index is 788. The van der Waals surface area contributed by atoms with Crippen molar-refractivity contribution in [3.05, 3.63) is 66.2 Å². The Morgan fingerprint density at radius 2 is 1.63 bits per heavy atom. The molecule has 0 aliphatic heterocycles. The summed E-state index contributed by atoms with van der Waals surface area (Å²) in [5.74, 6) is -1.97. The van der Waals surface area contributed by atoms with Crippen molar-refractivity contribution < 1.29 is 19.8 Å². The Labute approximate surface area is 184 Å². The summed E-state index contributed by atoms with van der Waals surface area (Å²) in [6.07, 6.45) is -0.324. The third-order valence-electron chi connectivity index (χ3n) is 4.65. The first kappa shape index (κ1) is 24.4. The average Bonchev–Trinajstić information content (AvgIpc) is 2.73. The summed E-state index contributed by atoms with van der Waals surface area (Å²) in [4.78, 5) is 25.4. The number of hydrogen-bond acceptors (Lipinski definition) is 4. The van der Waals surface area contributed by atoms with Crippen LogP contribution >= 0.6 is 20.3 Å². The van der Waals surface area contributed by atoms with Crippen LogP contribution in [0.5, 0.6) is 0 Å². The van der Waals surface area contributed by atoms with E-state index in [1.54, 1.807) is 11.8 Å². The van der Waals surface area contributed by atoms with Gasteiger partial charge in [0.25, 0.3) is 0 Å². The van der Waals surface area contributed by atoms with Gasteiger partial charge in [0.1, 0.15) is 12.1 Å². The predicted molar refractivity (Wildman–Crippen MR) is 125 cm³/mol. The molecule has 7 heteroatoms. The molecule has 0 radical (unpaired) electrons. The minimum Gasteiger partial charge on any atom is -0.480 e. The second-order valence-corrected chi connectivity index (χ2v) is 10.4. The van der Waals surface area contributed by atoms with Crippen LogP contribution in [0.3, 0.4) is 0 Å². The van der Waals surface area contributed by atoms with Crippen molar-refractivity contribution in [2.45, 2.75) is 43.2 Å². The fraction of sp³-hybridized carbons (Fsp3) is 0.391. The second-order valence-electron chi connectivity index (χ2n) is 7.55. The van der Waals surface area contributed by atoms with Crippen LogP contribution in [0.1, 0.15) is 31.7 Å². The van der Waals surface area contributed by atoms with Crippen molar-refractivity contribution in [3.8, 4) is 0 Å². The molecular weight excluding hydrogens is 417 g/mol. The number of thioether (sulfide) groups is 1. The predicted octanol–water partition coefficient (Wildman–Crippen LogP) is 4.17. The third-order valence-corrected chi connectivity index (χ3v) is 7.38. The summed E-state index contributed by atoms with van der Waals surface area (Å²) in [6, 6.07) is 18.6. The van der Waals surface area contributed by atoms with Gasteiger partial charge in [-0.25, -0.2) is 4.79 Å². The number of carboxylic acids is 1. The smallest absolute Gasteiger partial charge is 0.326 e. The number of benzene rings is 2. The molecule has 0 saturated heterocycles. The van der Waals surface area contributed by atoms with Crippen LogP contribution in [0.2, 0.25) is 0 Å². The number of carboxylic acid groups (broad SMARTS) is 1. The molecule has 0 bridgehead atoms. The maximum absolute atomic E-state index is 12.7. The van der Waals surface area contributed by atoms with Crippen LogP contribution in [0.15, 0.2) is 65.6 Å². The molecule has 2 aromatic carbocycles. The maximum Gasteiger partial charge on any atom is 0.326 e. The van der Waals surface area contributed by atoms with Crippen LogP contribution < -0.4 is 5.32 Å². The average molecular weight is 448 g/mol. The third kappa shape index (κ3) is 8.10. The van der Waals surface area contributed by atoms with Gasteiger partial charge in [0.05, 0.1) is 0 Å². The molecule has 0 heterocycles. The summed E-state index contributed by atoms with van der Waals surface area (Å²) < 4.78 is 0. The standard InChI is InChI=1S/C23H30NO4PS/c1-16(2)13-20(23(27)28)24-22(26)21(25)19(17-9-5-3-6-10-17)14-29-15-30-18-11-7-4-8-12-18/h3-12,16,19-21,25,29H,13-15H2,1-2H3,(H,24,26)(H,27,28)/t19?,20-,21?/m0/s1. The highest BCUT2D eigenvalue weighted by Gasteiger charge is 2.30. The normalized spacial score (nSPS) is 14.5. The van der Waals surface area contributed by atoms with Crippen LogP contribution in [-0.4, -0.2) is 45.9 Å². The minimum absolute atomic E-state index is 0.116. The molecule has 0 aromatic heterocycles. The SMILES string of the molecule is CC(C)C[C@H](NC(=O)C(O)C(CPCSc1ccccc1)c1ccccc1)C(=O)O. The summed E-state index contributed by atoms with van der Waals surface area (Å²) in [5, 5.41) is 22.7. The van der Waals surface area contributed by atoms with Gasteiger partial charge >= 0.3 is 5.97 Å². The van der Waals surface area contributed by atoms with Crippen LogP contribution in [0, 0.1) is 5.92 Å². The van der Waals surface area contributed by atoms with Gasteiger partial charge in [0, 0.05) is 16.3 Å². The molecule has 5 nitrogen and oxygen atoms in total. The maximum atomic E-state index is 12.7. The molecule has 3 N–H and O–H groups in total. The molecule has 30 heavy (non-hydrogen) atoms. The zero-order chi connectivity index (χ0) is 21.9. The zero-order valence-corrected chi connectivity index (χ0v) is 19.1. The first-order valence-electron chi connectivity index (χ1n) is 10.0. The van der Waals surface area contributed by atoms with Crippen LogP contribution in [0.25, 0.3) is 0 Å². The van der Waals surface area contributed by atoms with Gasteiger partial charge in [-0.3, -0.25) is 4.79 Å². The van der Waals surface area contributed by atoms with Crippen molar-refractivity contribution in [2.24, 2.45) is 5.92 Å². The fourth-order valence-electron chi connectivity index (χ4n) is 3.11. The molecule has 2 rings (SSSR count). The molecule has 0 aliphatic carbocycles. The molecule has 1 amide bonds. The van der Waals surface area contributed by atoms with Gasteiger partial charge in [-0.1, -0.05) is 62.4 Å². The van der Waals surface area contributed by atoms with E-state index in [0.717, 1.165) is 11.1 Å². The van der Waals surface area contributed by atoms with Gasteiger partial charge < -0.3 is 15.5 Å². The minimum atomic E-state index is -1.30. The molecule has 0 spiro atoms. The summed E-state index contributed by atoms with van der Waals surface area (Å²) in [5.41, 5.74) is 1.78. The molecule has 4 atom stereocenters. The van der Waals surface area contributed by atoms with Crippen molar-refractivity contribution in [2.75, 3.05) is 11.7 Å². The summed E-state index contributed by atoms with van der Waals surface area (Å²) in [7, 11) is 0.543. The lowest BCUT2D eigenvalue weighted by Gasteiger charge is -2.25. The molecule has 0 fully saturated rings. The van der Waals surface area contributed by atoms with Crippen molar-refractivity contribution in [1.82, 2.24) is 5.32 Å². The quantitative estimate of drug-likeness (QED) is 0.258. The number of aliphatic hydroxyl groups is 1. The van der Waals surface area contributed by atoms with Gasteiger partial charge in [0.15, 0.2) is 0 Å². The first-order chi connectivity index (χ1) is 14.4. The largest absolute Gasteiger partial charge is 0.480 e. The van der Waals surface area contributed by atoms with E-state index in [1.807, 2.05) is 62.4 Å². The summed E-state index contributed by atoms with van der Waals surface area (Å²) >= 11 is 1.75. The number of nitrogens with one attached hydrogen (secondary N) is 1. The number of rotatable bonds is 12. The van der Waals surface area contributed by atoms with E-state index in [-0.39, 0.29) is 11.8 Å². The van der Waals surface area contributed by atoms with Gasteiger partial charge in [0.2, 0.25) is 5.91 Å². The Morgan fingerprint density at radius 3 is 2.20 bits per heavy atom. The number of hydrogen-bond donors (Lipinski definition) is 3. The molecule has 0 saturated carbocycles. The van der Waals surface area contributed by atoms with Gasteiger partial charge in [-0.05, 0) is 36.2 Å². The Kier molecular flexibility index (Phi) is 10.4. The summed E-state index contributed by atoms with van der Waals surface area (Å²) in [6.45, 7) is 3.80. The molecule has 0 aliphatic rings. The zero-order valence-electron chi connectivity index (χ0n) is 17.3. The Balaban J connectivity index is 2.02. The number of aliphatic carboxylic acids is 1. The molecular formula is C23H30NO4PS. The van der Waals surface area contributed by atoms with E-state index >= 15 is 0 Å². The number of aliphatic hydroxyl groups excluding tert-OH is 1. The lowest BCUT2D eigenvalue weighted by molar-refractivity contribution is -0.144. The van der Waals surface area contributed by atoms with Crippen molar-refractivity contribution >= 4 is 32.2 Å². The van der Waals surface area contributed by atoms with E-state index < -0.39 is 24.0 Å². The van der Waals surface area contributed by atoms with Crippen LogP contribution in [-0.2, 0) is 9.59 Å². The monoisotopic (exact) mass is 447 g/mol. The van der Waals surface area contributed by atoms with E-state index in [9.17, 15) is 19.8 Å². The van der Waals surface area contributed by atoms with E-state index in [1.165, 1.54) is 4.90 Å². The molecule has 2 aromatic rings. The van der Waals surface area contributed by atoms with Crippen molar-refractivity contribution in [3.63, 3.8) is 0 Å². The lowest BCUT2D eigenvalue weighted by Crippen LogP contribution is -2.48. The number of carbonyl (C=O) groups is 2. The van der Waals surface area contributed by atoms with E-state index in [2.05, 4.69) is 17.4 Å². The highest BCUT2D eigenvalue weighted by atomic mass is 32.2. The van der Waals surface area contributed by atoms with E-state index in [4.69, 9.17) is 0 Å². The van der Waals surface area contributed by atoms with E-state index in [0.29, 0.717) is 21.2 Å². The first-order valence-corrected chi connectivity index (χ1v) is 12.4. The van der Waals surface area contributed by atoms with Gasteiger partial charge in [-0.2, -0.15) is 0 Å². The Hall–Kier alpha value is -1.88. The molecule has 3 unspecified atom stereocenters.